The van der Waals surface area contributed by atoms with E-state index in [4.69, 9.17) is 14.2 Å². The normalized spacial score (nSPS) is 10.9. The number of carbonyl (C=O) groups excluding carboxylic acids is 1. The van der Waals surface area contributed by atoms with Crippen LogP contribution in [-0.4, -0.2) is 24.6 Å². The first-order valence-electron chi connectivity index (χ1n) is 8.14. The predicted octanol–water partition coefficient (Wildman–Crippen LogP) is 3.96. The second-order valence-electron chi connectivity index (χ2n) is 5.27. The van der Waals surface area contributed by atoms with E-state index in [1.54, 1.807) is 18.2 Å². The summed E-state index contributed by atoms with van der Waals surface area (Å²) in [7, 11) is 1.42. The van der Waals surface area contributed by atoms with Crippen molar-refractivity contribution in [3.05, 3.63) is 76.0 Å². The maximum Gasteiger partial charge on any atom is 0.336 e. The van der Waals surface area contributed by atoms with Crippen molar-refractivity contribution >= 4 is 18.1 Å². The number of rotatable bonds is 8. The highest BCUT2D eigenvalue weighted by atomic mass is 16.6. The van der Waals surface area contributed by atoms with Gasteiger partial charge in [0.05, 0.1) is 18.6 Å². The minimum Gasteiger partial charge on any atom is -0.494 e. The summed E-state index contributed by atoms with van der Waals surface area (Å²) in [5.41, 5.74) is 1.37. The summed E-state index contributed by atoms with van der Waals surface area (Å²) in [5, 5.41) is 10.4. The van der Waals surface area contributed by atoms with Crippen molar-refractivity contribution in [2.75, 3.05) is 13.7 Å². The highest BCUT2D eigenvalue weighted by Crippen LogP contribution is 2.28. The van der Waals surface area contributed by atoms with Crippen molar-refractivity contribution in [2.24, 2.45) is 0 Å². The first-order valence-corrected chi connectivity index (χ1v) is 8.14. The molecule has 2 aromatic rings. The standard InChI is InChI=1S/C20H19NO6/c1-3-26-17-8-4-15(5-9-17)7-11-20(22)27-18-10-6-16(12-13-21(23)24)14-19(18)25-2/h4-14H,3H2,1-2H3/b11-7+,13-12+. The van der Waals surface area contributed by atoms with Crippen molar-refractivity contribution in [3.63, 3.8) is 0 Å². The molecule has 0 spiro atoms. The van der Waals surface area contributed by atoms with Crippen LogP contribution in [-0.2, 0) is 4.79 Å². The molecule has 0 saturated heterocycles. The number of methoxy groups -OCH3 is 1. The van der Waals surface area contributed by atoms with Gasteiger partial charge in [0, 0.05) is 12.2 Å². The van der Waals surface area contributed by atoms with E-state index in [1.807, 2.05) is 31.2 Å². The topological polar surface area (TPSA) is 87.9 Å². The fourth-order valence-electron chi connectivity index (χ4n) is 2.17. The Bertz CT molecular complexity index is 855. The van der Waals surface area contributed by atoms with Crippen molar-refractivity contribution < 1.29 is 23.9 Å². The highest BCUT2D eigenvalue weighted by Gasteiger charge is 2.09. The molecule has 0 saturated carbocycles. The third-order valence-corrected chi connectivity index (χ3v) is 3.39. The Morgan fingerprint density at radius 1 is 1.07 bits per heavy atom. The molecule has 7 nitrogen and oxygen atoms in total. The van der Waals surface area contributed by atoms with E-state index in [-0.39, 0.29) is 5.75 Å². The summed E-state index contributed by atoms with van der Waals surface area (Å²) >= 11 is 0. The molecule has 0 aromatic heterocycles. The van der Waals surface area contributed by atoms with E-state index in [0.717, 1.165) is 17.5 Å². The Morgan fingerprint density at radius 2 is 1.78 bits per heavy atom. The lowest BCUT2D eigenvalue weighted by Crippen LogP contribution is -2.05. The highest BCUT2D eigenvalue weighted by molar-refractivity contribution is 5.89. The number of hydrogen-bond donors (Lipinski definition) is 0. The molecule has 0 radical (unpaired) electrons. The molecule has 0 N–H and O–H groups in total. The molecule has 0 atom stereocenters. The lowest BCUT2D eigenvalue weighted by Gasteiger charge is -2.08. The zero-order valence-electron chi connectivity index (χ0n) is 15.0. The van der Waals surface area contributed by atoms with E-state index in [1.165, 1.54) is 25.3 Å². The van der Waals surface area contributed by atoms with Gasteiger partial charge in [-0.1, -0.05) is 18.2 Å². The number of carbonyl (C=O) groups is 1. The van der Waals surface area contributed by atoms with Crippen LogP contribution in [0.4, 0.5) is 0 Å². The van der Waals surface area contributed by atoms with Crippen LogP contribution in [0, 0.1) is 10.1 Å². The number of esters is 1. The van der Waals surface area contributed by atoms with E-state index >= 15 is 0 Å². The number of benzene rings is 2. The van der Waals surface area contributed by atoms with Gasteiger partial charge in [0.1, 0.15) is 5.75 Å². The molecule has 2 aromatic carbocycles. The Hall–Kier alpha value is -3.61. The summed E-state index contributed by atoms with van der Waals surface area (Å²) in [6.07, 6.45) is 5.06. The van der Waals surface area contributed by atoms with Gasteiger partial charge in [0.25, 0.3) is 0 Å². The third kappa shape index (κ3) is 6.32. The van der Waals surface area contributed by atoms with Crippen molar-refractivity contribution in [2.45, 2.75) is 6.92 Å². The van der Waals surface area contributed by atoms with Gasteiger partial charge in [-0.05, 0) is 48.4 Å². The predicted molar refractivity (Wildman–Crippen MR) is 101 cm³/mol. The summed E-state index contributed by atoms with van der Waals surface area (Å²) in [4.78, 5) is 21.9. The molecular formula is C20H19NO6. The molecule has 0 heterocycles. The molecule has 0 aliphatic rings. The van der Waals surface area contributed by atoms with E-state index in [0.29, 0.717) is 17.9 Å². The number of ether oxygens (including phenoxy) is 3. The first kappa shape index (κ1) is 19.7. The van der Waals surface area contributed by atoms with Crippen LogP contribution in [0.5, 0.6) is 17.2 Å². The van der Waals surface area contributed by atoms with Gasteiger partial charge >= 0.3 is 5.97 Å². The van der Waals surface area contributed by atoms with Crippen LogP contribution in [0.1, 0.15) is 18.1 Å². The Kier molecular flexibility index (Phi) is 7.13. The van der Waals surface area contributed by atoms with Gasteiger partial charge in [0.2, 0.25) is 6.20 Å². The summed E-state index contributed by atoms with van der Waals surface area (Å²) in [5.74, 6) is 0.698. The Balaban J connectivity index is 2.04. The Labute approximate surface area is 156 Å². The molecule has 0 aliphatic heterocycles. The van der Waals surface area contributed by atoms with Gasteiger partial charge < -0.3 is 14.2 Å². The van der Waals surface area contributed by atoms with Crippen LogP contribution in [0.25, 0.3) is 12.2 Å². The molecule has 2 rings (SSSR count). The lowest BCUT2D eigenvalue weighted by atomic mass is 10.2. The average Bonchev–Trinajstić information content (AvgIpc) is 2.66. The molecule has 0 amide bonds. The van der Waals surface area contributed by atoms with Gasteiger partial charge in [-0.25, -0.2) is 4.79 Å². The summed E-state index contributed by atoms with van der Waals surface area (Å²) in [6, 6.07) is 11.9. The second kappa shape index (κ2) is 9.76. The molecule has 27 heavy (non-hydrogen) atoms. The quantitative estimate of drug-likeness (QED) is 0.230. The number of nitrogens with zero attached hydrogens (tertiary/aromatic N) is 1. The van der Waals surface area contributed by atoms with Gasteiger partial charge in [0.15, 0.2) is 11.5 Å². The van der Waals surface area contributed by atoms with Crippen LogP contribution < -0.4 is 14.2 Å². The molecule has 0 fully saturated rings. The van der Waals surface area contributed by atoms with Crippen molar-refractivity contribution in [3.8, 4) is 17.2 Å². The van der Waals surface area contributed by atoms with Crippen LogP contribution in [0.15, 0.2) is 54.7 Å². The van der Waals surface area contributed by atoms with Crippen molar-refractivity contribution in [1.29, 1.82) is 0 Å². The summed E-state index contributed by atoms with van der Waals surface area (Å²) in [6.45, 7) is 2.49. The third-order valence-electron chi connectivity index (χ3n) is 3.39. The van der Waals surface area contributed by atoms with Gasteiger partial charge in [-0.3, -0.25) is 10.1 Å². The minimum atomic E-state index is -0.573. The molecule has 0 aliphatic carbocycles. The van der Waals surface area contributed by atoms with E-state index in [9.17, 15) is 14.9 Å². The van der Waals surface area contributed by atoms with Crippen LogP contribution >= 0.6 is 0 Å². The Morgan fingerprint density at radius 3 is 2.41 bits per heavy atom. The SMILES string of the molecule is CCOc1ccc(/C=C/C(=O)Oc2ccc(/C=C/[N+](=O)[O-])cc2OC)cc1. The number of hydrogen-bond acceptors (Lipinski definition) is 6. The van der Waals surface area contributed by atoms with Crippen LogP contribution in [0.2, 0.25) is 0 Å². The molecule has 140 valence electrons. The fraction of sp³-hybridized carbons (Fsp3) is 0.150. The molecule has 0 unspecified atom stereocenters. The second-order valence-corrected chi connectivity index (χ2v) is 5.27. The molecule has 7 heteroatoms. The lowest BCUT2D eigenvalue weighted by molar-refractivity contribution is -0.400. The maximum atomic E-state index is 12.0. The zero-order valence-corrected chi connectivity index (χ0v) is 15.0. The van der Waals surface area contributed by atoms with Gasteiger partial charge in [-0.15, -0.1) is 0 Å². The minimum absolute atomic E-state index is 0.220. The smallest absolute Gasteiger partial charge is 0.336 e. The van der Waals surface area contributed by atoms with Crippen LogP contribution in [0.3, 0.4) is 0 Å². The van der Waals surface area contributed by atoms with E-state index < -0.39 is 10.9 Å². The number of nitro groups is 1. The van der Waals surface area contributed by atoms with Crippen molar-refractivity contribution in [1.82, 2.24) is 0 Å². The largest absolute Gasteiger partial charge is 0.494 e. The average molecular weight is 369 g/mol. The monoisotopic (exact) mass is 369 g/mol. The zero-order chi connectivity index (χ0) is 19.6. The van der Waals surface area contributed by atoms with E-state index in [2.05, 4.69) is 0 Å². The van der Waals surface area contributed by atoms with Gasteiger partial charge in [-0.2, -0.15) is 0 Å². The fourth-order valence-corrected chi connectivity index (χ4v) is 2.17. The molecular weight excluding hydrogens is 350 g/mol. The first-order chi connectivity index (χ1) is 13.0. The maximum absolute atomic E-state index is 12.0. The molecule has 0 bridgehead atoms. The summed E-state index contributed by atoms with van der Waals surface area (Å²) < 4.78 is 15.8.